The van der Waals surface area contributed by atoms with Crippen LogP contribution in [0.2, 0.25) is 0 Å². The van der Waals surface area contributed by atoms with E-state index in [-0.39, 0.29) is 16.8 Å². The Labute approximate surface area is 170 Å². The maximum Gasteiger partial charge on any atom is 0.197 e. The molecule has 0 amide bonds. The van der Waals surface area contributed by atoms with Gasteiger partial charge in [-0.15, -0.1) is 0 Å². The summed E-state index contributed by atoms with van der Waals surface area (Å²) in [6.45, 7) is -2.88. The Morgan fingerprint density at radius 2 is 2.27 bits per heavy atom. The molecule has 0 radical (unpaired) electrons. The van der Waals surface area contributed by atoms with Crippen LogP contribution in [-0.2, 0) is 16.5 Å². The lowest BCUT2D eigenvalue weighted by molar-refractivity contribution is 0.410. The fourth-order valence-corrected chi connectivity index (χ4v) is 2.93. The summed E-state index contributed by atoms with van der Waals surface area (Å²) >= 11 is 0. The Hall–Kier alpha value is -2.93. The molecule has 0 saturated carbocycles. The number of methoxy groups -OCH3 is 1. The van der Waals surface area contributed by atoms with Crippen molar-refractivity contribution in [2.45, 2.75) is 17.7 Å². The molecule has 0 aliphatic rings. The third kappa shape index (κ3) is 3.01. The van der Waals surface area contributed by atoms with Crippen LogP contribution >= 0.6 is 0 Å². The zero-order chi connectivity index (χ0) is 28.5. The van der Waals surface area contributed by atoms with Crippen molar-refractivity contribution in [1.82, 2.24) is 19.5 Å². The van der Waals surface area contributed by atoms with E-state index in [2.05, 4.69) is 15.0 Å². The molecular weight excluding hydrogens is 348 g/mol. The van der Waals surface area contributed by atoms with Gasteiger partial charge in [0.15, 0.2) is 5.16 Å². The van der Waals surface area contributed by atoms with Gasteiger partial charge >= 0.3 is 0 Å². The zero-order valence-corrected chi connectivity index (χ0v) is 14.0. The highest BCUT2D eigenvalue weighted by atomic mass is 32.2. The molecule has 0 aliphatic heterocycles. The first-order valence-corrected chi connectivity index (χ1v) is 8.31. The van der Waals surface area contributed by atoms with Gasteiger partial charge in [0, 0.05) is 36.6 Å². The highest BCUT2D eigenvalue weighted by Gasteiger charge is 2.15. The van der Waals surface area contributed by atoms with Gasteiger partial charge in [0.1, 0.15) is 5.75 Å². The van der Waals surface area contributed by atoms with E-state index in [1.165, 1.54) is 13.2 Å². The average Bonchev–Trinajstić information content (AvgIpc) is 3.39. The molecule has 3 heterocycles. The molecule has 1 atom stereocenters. The Balaban J connectivity index is 1.93. The van der Waals surface area contributed by atoms with Gasteiger partial charge in [0.2, 0.25) is 0 Å². The maximum absolute atomic E-state index is 13.4. The number of H-pyrrole nitrogens is 1. The van der Waals surface area contributed by atoms with Crippen LogP contribution < -0.4 is 4.74 Å². The number of rotatable bonds is 5. The van der Waals surface area contributed by atoms with Crippen LogP contribution in [0.15, 0.2) is 60.0 Å². The number of fused-ring (bicyclic) bond motifs is 1. The van der Waals surface area contributed by atoms with Gasteiger partial charge in [-0.25, -0.2) is 4.98 Å². The minimum absolute atomic E-state index is 0.197. The van der Waals surface area contributed by atoms with Crippen molar-refractivity contribution in [3.8, 4) is 11.4 Å². The molecule has 0 spiro atoms. The topological polar surface area (TPSA) is 72.8 Å². The predicted octanol–water partition coefficient (Wildman–Crippen LogP) is 3.37. The highest BCUT2D eigenvalue weighted by molar-refractivity contribution is 7.84. The number of benzene rings is 1. The molecule has 4 aromatic rings. The standard InChI is InChI=1S/C19H18N4O2S/c1-13-17(20-8-7-18(13)25-2)12-26(24)19-21-15-6-5-14(11-16(15)22-19)23-9-3-4-10-23/h3-11H,12H2,1-2H3,(H,21,22)/i1D3,3D,4D,5D,6D,9D,10D,11D,12D2. The van der Waals surface area contributed by atoms with Crippen molar-refractivity contribution in [2.75, 3.05) is 7.11 Å². The van der Waals surface area contributed by atoms with E-state index in [0.717, 1.165) is 6.20 Å². The average molecular weight is 379 g/mol. The van der Waals surface area contributed by atoms with Crippen LogP contribution in [0.4, 0.5) is 0 Å². The monoisotopic (exact) mass is 378 g/mol. The summed E-state index contributed by atoms with van der Waals surface area (Å²) in [6.07, 6.45) is -0.211. The van der Waals surface area contributed by atoms with Crippen molar-refractivity contribution >= 4 is 21.8 Å². The molecule has 26 heavy (non-hydrogen) atoms. The lowest BCUT2D eigenvalue weighted by Crippen LogP contribution is -2.03. The number of aromatic nitrogens is 4. The summed E-state index contributed by atoms with van der Waals surface area (Å²) in [4.78, 5) is 10.3. The van der Waals surface area contributed by atoms with E-state index in [1.54, 1.807) is 0 Å². The normalized spacial score (nSPS) is 20.0. The SMILES string of the molecule is [2H]c1c(-n2c([2H])c([2H])c([2H])c2[2H])c([2H])c2[nH]c(S(=O)C([2H])([2H])c3nccc(OC)c3C([2H])([2H])[2H])nc2c1[2H]. The van der Waals surface area contributed by atoms with Crippen molar-refractivity contribution in [2.24, 2.45) is 0 Å². The van der Waals surface area contributed by atoms with E-state index >= 15 is 0 Å². The maximum atomic E-state index is 13.4. The minimum atomic E-state index is -2.95. The molecule has 6 nitrogen and oxygen atoms in total. The summed E-state index contributed by atoms with van der Waals surface area (Å²) < 4.78 is 116. The minimum Gasteiger partial charge on any atom is -0.496 e. The van der Waals surface area contributed by atoms with Crippen LogP contribution in [-0.4, -0.2) is 30.8 Å². The first-order chi connectivity index (χ1) is 17.5. The summed E-state index contributed by atoms with van der Waals surface area (Å²) in [5, 5.41) is -0.586. The molecule has 4 rings (SSSR count). The van der Waals surface area contributed by atoms with Gasteiger partial charge < -0.3 is 14.3 Å². The molecule has 1 aromatic carbocycles. The molecule has 7 heteroatoms. The van der Waals surface area contributed by atoms with Gasteiger partial charge in [0.05, 0.1) is 49.9 Å². The number of imidazole rings is 1. The van der Waals surface area contributed by atoms with Crippen LogP contribution in [0.3, 0.4) is 0 Å². The van der Waals surface area contributed by atoms with E-state index in [9.17, 15) is 4.21 Å². The number of nitrogens with one attached hydrogen (secondary N) is 1. The fourth-order valence-electron chi connectivity index (χ4n) is 2.14. The van der Waals surface area contributed by atoms with Crippen LogP contribution in [0.25, 0.3) is 16.7 Å². The number of nitrogens with zero attached hydrogens (tertiary/aromatic N) is 3. The smallest absolute Gasteiger partial charge is 0.197 e. The van der Waals surface area contributed by atoms with Crippen molar-refractivity contribution in [3.63, 3.8) is 0 Å². The van der Waals surface area contributed by atoms with Gasteiger partial charge in [0.25, 0.3) is 0 Å². The predicted molar refractivity (Wildman–Crippen MR) is 101 cm³/mol. The van der Waals surface area contributed by atoms with Gasteiger partial charge in [-0.3, -0.25) is 9.19 Å². The molecule has 3 aromatic heterocycles. The van der Waals surface area contributed by atoms with Gasteiger partial charge in [-0.1, -0.05) is 0 Å². The number of aromatic amines is 1. The Bertz CT molecular complexity index is 1600. The van der Waals surface area contributed by atoms with E-state index in [1.807, 2.05) is 0 Å². The molecular formula is C19H18N4O2S. The Morgan fingerprint density at radius 3 is 3.04 bits per heavy atom. The van der Waals surface area contributed by atoms with E-state index < -0.39 is 88.0 Å². The van der Waals surface area contributed by atoms with Crippen LogP contribution in [0, 0.1) is 6.85 Å². The summed E-state index contributed by atoms with van der Waals surface area (Å²) in [7, 11) is -1.60. The first kappa shape index (κ1) is 7.75. The molecule has 1 unspecified atom stereocenters. The van der Waals surface area contributed by atoms with Gasteiger partial charge in [-0.05, 0) is 43.1 Å². The zero-order valence-electron chi connectivity index (χ0n) is 25.2. The van der Waals surface area contributed by atoms with Gasteiger partial charge in [-0.2, -0.15) is 0 Å². The van der Waals surface area contributed by atoms with Crippen LogP contribution in [0.5, 0.6) is 5.75 Å². The second kappa shape index (κ2) is 6.76. The lowest BCUT2D eigenvalue weighted by atomic mass is 10.2. The molecule has 0 bridgehead atoms. The second-order valence-electron chi connectivity index (χ2n) is 4.91. The third-order valence-electron chi connectivity index (χ3n) is 3.34. The van der Waals surface area contributed by atoms with Crippen molar-refractivity contribution in [1.29, 1.82) is 0 Å². The number of hydrogen-bond donors (Lipinski definition) is 1. The lowest BCUT2D eigenvalue weighted by Gasteiger charge is -2.08. The summed E-state index contributed by atoms with van der Waals surface area (Å²) in [6, 6.07) is -1.86. The molecule has 0 aliphatic carbocycles. The quantitative estimate of drug-likeness (QED) is 0.578. The summed E-state index contributed by atoms with van der Waals surface area (Å²) in [5.74, 6) is -0.197. The summed E-state index contributed by atoms with van der Waals surface area (Å²) in [5.41, 5.74) is -5.31. The van der Waals surface area contributed by atoms with Crippen molar-refractivity contribution in [3.05, 3.63) is 66.1 Å². The Morgan fingerprint density at radius 1 is 1.42 bits per heavy atom. The number of pyridine rings is 1. The number of hydrogen-bond acceptors (Lipinski definition) is 4. The second-order valence-corrected chi connectivity index (χ2v) is 6.03. The fraction of sp³-hybridized carbons (Fsp3) is 0.158. The van der Waals surface area contributed by atoms with E-state index in [0.29, 0.717) is 4.57 Å². The number of ether oxygens (including phenoxy) is 1. The Kier molecular flexibility index (Phi) is 2.02. The highest BCUT2D eigenvalue weighted by Crippen LogP contribution is 2.22. The van der Waals surface area contributed by atoms with Crippen molar-refractivity contribution < 1.29 is 25.4 Å². The van der Waals surface area contributed by atoms with E-state index in [4.69, 9.17) is 21.2 Å². The molecule has 1 N–H and O–H groups in total. The largest absolute Gasteiger partial charge is 0.496 e. The molecule has 0 saturated heterocycles. The third-order valence-corrected chi connectivity index (χ3v) is 4.27. The molecule has 132 valence electrons. The van der Waals surface area contributed by atoms with Crippen LogP contribution in [0.1, 0.15) is 27.7 Å². The first-order valence-electron chi connectivity index (χ1n) is 13.2. The molecule has 0 fully saturated rings.